The van der Waals surface area contributed by atoms with Gasteiger partial charge in [0.1, 0.15) is 0 Å². The highest BCUT2D eigenvalue weighted by Gasteiger charge is 2.19. The van der Waals surface area contributed by atoms with E-state index in [2.05, 4.69) is 104 Å². The van der Waals surface area contributed by atoms with E-state index in [1.54, 1.807) is 0 Å². The van der Waals surface area contributed by atoms with E-state index in [0.717, 1.165) is 67.5 Å². The first-order valence-corrected chi connectivity index (χ1v) is 13.4. The van der Waals surface area contributed by atoms with E-state index in [0.29, 0.717) is 0 Å². The van der Waals surface area contributed by atoms with Gasteiger partial charge in [0.25, 0.3) is 0 Å². The molecular formula is C35H27N3. The Balaban J connectivity index is 1.51. The minimum absolute atomic E-state index is 0.777. The number of hydrogen-bond donors (Lipinski definition) is 0. The molecule has 0 aliphatic heterocycles. The van der Waals surface area contributed by atoms with Crippen molar-refractivity contribution >= 4 is 32.6 Å². The van der Waals surface area contributed by atoms with Crippen molar-refractivity contribution in [3.63, 3.8) is 0 Å². The van der Waals surface area contributed by atoms with Gasteiger partial charge < -0.3 is 0 Å². The maximum absolute atomic E-state index is 5.26. The third-order valence-corrected chi connectivity index (χ3v) is 7.40. The number of benzene rings is 5. The third-order valence-electron chi connectivity index (χ3n) is 7.40. The average Bonchev–Trinajstić information content (AvgIpc) is 2.99. The number of nitrogens with zero attached hydrogens (tertiary/aromatic N) is 3. The first-order valence-electron chi connectivity index (χ1n) is 13.4. The van der Waals surface area contributed by atoms with Gasteiger partial charge in [-0.3, -0.25) is 0 Å². The highest BCUT2D eigenvalue weighted by atomic mass is 14.9. The molecule has 0 saturated heterocycles. The van der Waals surface area contributed by atoms with Gasteiger partial charge in [-0.05, 0) is 48.7 Å². The number of aryl methyl sites for hydroxylation is 1. The standard InChI is InChI=1S/C35H27N3/c1-2-3-11-23-12-10-17-26(22-23)35-36-29-20-18-27-31-28(19-21-30(37-35)32(29)31)34(25-15-8-5-9-16-25)38-33(27)24-13-6-4-7-14-24/h4-10,12-22H,2-3,11H2,1H3. The predicted octanol–water partition coefficient (Wildman–Crippen LogP) is 9.11. The van der Waals surface area contributed by atoms with Gasteiger partial charge in [-0.1, -0.05) is 92.2 Å². The SMILES string of the molecule is CCCCc1cccc(-c2nc3ccc4c(-c5ccccc5)nc(-c5ccccc5)c5ccc(n2)c3c45)c1. The Morgan fingerprint density at radius 2 is 1.11 bits per heavy atom. The Morgan fingerprint density at radius 1 is 0.526 bits per heavy atom. The normalized spacial score (nSPS) is 11.6. The van der Waals surface area contributed by atoms with Crippen LogP contribution >= 0.6 is 0 Å². The first kappa shape index (κ1) is 22.6. The molecule has 0 saturated carbocycles. The maximum Gasteiger partial charge on any atom is 0.160 e. The first-order chi connectivity index (χ1) is 18.8. The van der Waals surface area contributed by atoms with Gasteiger partial charge in [-0.25, -0.2) is 15.0 Å². The highest BCUT2D eigenvalue weighted by molar-refractivity contribution is 6.26. The molecule has 0 bridgehead atoms. The van der Waals surface area contributed by atoms with E-state index in [9.17, 15) is 0 Å². The molecule has 182 valence electrons. The number of unbranched alkanes of at least 4 members (excludes halogenated alkanes) is 1. The minimum Gasteiger partial charge on any atom is -0.246 e. The second kappa shape index (κ2) is 9.35. The fraction of sp³-hybridized carbons (Fsp3) is 0.114. The average molecular weight is 490 g/mol. The van der Waals surface area contributed by atoms with Crippen LogP contribution in [0.3, 0.4) is 0 Å². The van der Waals surface area contributed by atoms with Gasteiger partial charge in [0, 0.05) is 38.2 Å². The molecule has 3 heteroatoms. The zero-order chi connectivity index (χ0) is 25.5. The molecule has 2 heterocycles. The fourth-order valence-corrected chi connectivity index (χ4v) is 5.53. The molecule has 0 aliphatic rings. The maximum atomic E-state index is 5.26. The summed E-state index contributed by atoms with van der Waals surface area (Å²) in [6, 6.07) is 38.2. The molecule has 0 radical (unpaired) electrons. The monoisotopic (exact) mass is 489 g/mol. The van der Waals surface area contributed by atoms with Crippen molar-refractivity contribution in [3.05, 3.63) is 115 Å². The molecule has 0 atom stereocenters. The Labute approximate surface area is 222 Å². The number of pyridine rings is 1. The van der Waals surface area contributed by atoms with Crippen molar-refractivity contribution in [2.75, 3.05) is 0 Å². The number of aromatic nitrogens is 3. The predicted molar refractivity (Wildman–Crippen MR) is 158 cm³/mol. The van der Waals surface area contributed by atoms with Crippen LogP contribution in [0.4, 0.5) is 0 Å². The zero-order valence-corrected chi connectivity index (χ0v) is 21.4. The van der Waals surface area contributed by atoms with Crippen molar-refractivity contribution in [2.24, 2.45) is 0 Å². The summed E-state index contributed by atoms with van der Waals surface area (Å²) in [5, 5.41) is 4.53. The van der Waals surface area contributed by atoms with Crippen molar-refractivity contribution in [2.45, 2.75) is 26.2 Å². The van der Waals surface area contributed by atoms with E-state index >= 15 is 0 Å². The van der Waals surface area contributed by atoms with Gasteiger partial charge in [0.15, 0.2) is 5.82 Å². The highest BCUT2D eigenvalue weighted by Crippen LogP contribution is 2.41. The summed E-state index contributed by atoms with van der Waals surface area (Å²) < 4.78 is 0. The zero-order valence-electron chi connectivity index (χ0n) is 21.4. The number of rotatable bonds is 6. The third kappa shape index (κ3) is 3.79. The summed E-state index contributed by atoms with van der Waals surface area (Å²) in [6.45, 7) is 2.23. The lowest BCUT2D eigenvalue weighted by molar-refractivity contribution is 0.795. The van der Waals surface area contributed by atoms with Gasteiger partial charge in [-0.2, -0.15) is 0 Å². The van der Waals surface area contributed by atoms with Crippen molar-refractivity contribution in [1.82, 2.24) is 15.0 Å². The van der Waals surface area contributed by atoms with Crippen molar-refractivity contribution < 1.29 is 0 Å². The molecule has 3 nitrogen and oxygen atoms in total. The second-order valence-corrected chi connectivity index (χ2v) is 9.91. The van der Waals surface area contributed by atoms with Crippen LogP contribution in [0.25, 0.3) is 66.5 Å². The van der Waals surface area contributed by atoms with Crippen LogP contribution in [0, 0.1) is 0 Å². The molecule has 7 rings (SSSR count). The van der Waals surface area contributed by atoms with Crippen LogP contribution in [-0.4, -0.2) is 15.0 Å². The van der Waals surface area contributed by atoms with Gasteiger partial charge >= 0.3 is 0 Å². The lowest BCUT2D eigenvalue weighted by Gasteiger charge is -2.17. The fourth-order valence-electron chi connectivity index (χ4n) is 5.53. The molecule has 0 unspecified atom stereocenters. The van der Waals surface area contributed by atoms with Gasteiger partial charge in [0.2, 0.25) is 0 Å². The molecule has 0 fully saturated rings. The van der Waals surface area contributed by atoms with E-state index in [1.165, 1.54) is 23.8 Å². The summed E-state index contributed by atoms with van der Waals surface area (Å²) in [7, 11) is 0. The molecule has 0 spiro atoms. The largest absolute Gasteiger partial charge is 0.246 e. The molecule has 5 aromatic carbocycles. The van der Waals surface area contributed by atoms with Gasteiger partial charge in [0.05, 0.1) is 22.4 Å². The van der Waals surface area contributed by atoms with Crippen LogP contribution in [-0.2, 0) is 6.42 Å². The molecule has 0 amide bonds. The quantitative estimate of drug-likeness (QED) is 0.219. The minimum atomic E-state index is 0.777. The van der Waals surface area contributed by atoms with E-state index in [-0.39, 0.29) is 0 Å². The van der Waals surface area contributed by atoms with E-state index < -0.39 is 0 Å². The van der Waals surface area contributed by atoms with Gasteiger partial charge in [-0.15, -0.1) is 0 Å². The lowest BCUT2D eigenvalue weighted by atomic mass is 9.93. The van der Waals surface area contributed by atoms with Crippen molar-refractivity contribution in [1.29, 1.82) is 0 Å². The Bertz CT molecular complexity index is 1790. The van der Waals surface area contributed by atoms with E-state index in [4.69, 9.17) is 15.0 Å². The molecule has 38 heavy (non-hydrogen) atoms. The van der Waals surface area contributed by atoms with Crippen LogP contribution in [0.5, 0.6) is 0 Å². The van der Waals surface area contributed by atoms with Crippen molar-refractivity contribution in [3.8, 4) is 33.9 Å². The summed E-state index contributed by atoms with van der Waals surface area (Å²) in [5.41, 5.74) is 8.52. The molecule has 0 aliphatic carbocycles. The topological polar surface area (TPSA) is 38.7 Å². The smallest absolute Gasteiger partial charge is 0.160 e. The lowest BCUT2D eigenvalue weighted by Crippen LogP contribution is -1.98. The molecule has 7 aromatic rings. The van der Waals surface area contributed by atoms with Crippen LogP contribution in [0.15, 0.2) is 109 Å². The molecule has 2 aromatic heterocycles. The summed E-state index contributed by atoms with van der Waals surface area (Å²) in [6.07, 6.45) is 3.45. The van der Waals surface area contributed by atoms with Crippen LogP contribution in [0.1, 0.15) is 25.3 Å². The van der Waals surface area contributed by atoms with Crippen LogP contribution in [0.2, 0.25) is 0 Å². The Morgan fingerprint density at radius 3 is 1.68 bits per heavy atom. The second-order valence-electron chi connectivity index (χ2n) is 9.91. The van der Waals surface area contributed by atoms with E-state index in [1.807, 2.05) is 12.1 Å². The number of hydrogen-bond acceptors (Lipinski definition) is 3. The molecular weight excluding hydrogens is 462 g/mol. The summed E-state index contributed by atoms with van der Waals surface area (Å²) in [5.74, 6) is 0.777. The molecule has 0 N–H and O–H groups in total. The summed E-state index contributed by atoms with van der Waals surface area (Å²) in [4.78, 5) is 15.4. The Kier molecular flexibility index (Phi) is 5.55. The Hall–Kier alpha value is -4.63. The summed E-state index contributed by atoms with van der Waals surface area (Å²) >= 11 is 0. The van der Waals surface area contributed by atoms with Crippen LogP contribution < -0.4 is 0 Å².